The standard InChI is InChI=1S/C19H23N3O3/c1-12(2)9-15(19(24)25)10-21-18(23)16-11-20-17(22-13(16)3)14-7-5-4-6-8-14/h4-8,11-12,15H,9-10H2,1-3H3,(H,21,23)(H,24,25). The molecular formula is C19H23N3O3. The van der Waals surface area contributed by atoms with Gasteiger partial charge in [0, 0.05) is 18.3 Å². The minimum Gasteiger partial charge on any atom is -0.481 e. The van der Waals surface area contributed by atoms with Crippen LogP contribution in [-0.2, 0) is 4.79 Å². The van der Waals surface area contributed by atoms with Crippen LogP contribution >= 0.6 is 0 Å². The number of rotatable bonds is 7. The molecule has 1 atom stereocenters. The van der Waals surface area contributed by atoms with E-state index in [9.17, 15) is 14.7 Å². The highest BCUT2D eigenvalue weighted by Crippen LogP contribution is 2.16. The Morgan fingerprint density at radius 1 is 1.20 bits per heavy atom. The number of benzene rings is 1. The van der Waals surface area contributed by atoms with Crippen LogP contribution in [0, 0.1) is 18.8 Å². The second-order valence-electron chi connectivity index (χ2n) is 6.43. The highest BCUT2D eigenvalue weighted by molar-refractivity contribution is 5.95. The predicted molar refractivity (Wildman–Crippen MR) is 95.1 cm³/mol. The Bertz CT molecular complexity index is 745. The number of nitrogens with one attached hydrogen (secondary N) is 1. The summed E-state index contributed by atoms with van der Waals surface area (Å²) >= 11 is 0. The number of aryl methyl sites for hydroxylation is 1. The molecule has 0 saturated carbocycles. The van der Waals surface area contributed by atoms with E-state index in [0.29, 0.717) is 23.5 Å². The molecule has 0 aliphatic heterocycles. The maximum absolute atomic E-state index is 12.3. The Morgan fingerprint density at radius 3 is 2.44 bits per heavy atom. The van der Waals surface area contributed by atoms with Gasteiger partial charge >= 0.3 is 5.97 Å². The Hall–Kier alpha value is -2.76. The first kappa shape index (κ1) is 18.6. The molecule has 0 aliphatic rings. The van der Waals surface area contributed by atoms with Crippen molar-refractivity contribution in [2.75, 3.05) is 6.54 Å². The van der Waals surface area contributed by atoms with Gasteiger partial charge in [-0.05, 0) is 19.3 Å². The van der Waals surface area contributed by atoms with Crippen LogP contribution in [0.25, 0.3) is 11.4 Å². The van der Waals surface area contributed by atoms with E-state index in [1.54, 1.807) is 6.92 Å². The molecule has 0 radical (unpaired) electrons. The van der Waals surface area contributed by atoms with Gasteiger partial charge in [-0.25, -0.2) is 9.97 Å². The van der Waals surface area contributed by atoms with Gasteiger partial charge in [-0.15, -0.1) is 0 Å². The Morgan fingerprint density at radius 2 is 1.88 bits per heavy atom. The molecule has 6 nitrogen and oxygen atoms in total. The molecule has 132 valence electrons. The predicted octanol–water partition coefficient (Wildman–Crippen LogP) is 2.93. The van der Waals surface area contributed by atoms with Gasteiger partial charge in [0.1, 0.15) is 0 Å². The fraction of sp³-hybridized carbons (Fsp3) is 0.368. The lowest BCUT2D eigenvalue weighted by Crippen LogP contribution is -2.34. The molecule has 0 aliphatic carbocycles. The van der Waals surface area contributed by atoms with Crippen molar-refractivity contribution in [3.05, 3.63) is 47.8 Å². The van der Waals surface area contributed by atoms with Crippen LogP contribution in [0.2, 0.25) is 0 Å². The highest BCUT2D eigenvalue weighted by Gasteiger charge is 2.21. The molecule has 1 heterocycles. The molecule has 6 heteroatoms. The lowest BCUT2D eigenvalue weighted by atomic mass is 9.97. The summed E-state index contributed by atoms with van der Waals surface area (Å²) in [5.74, 6) is -1.06. The van der Waals surface area contributed by atoms with Gasteiger partial charge in [-0.1, -0.05) is 44.2 Å². The number of nitrogens with zero attached hydrogens (tertiary/aromatic N) is 2. The molecule has 0 bridgehead atoms. The molecule has 2 N–H and O–H groups in total. The minimum atomic E-state index is -0.901. The van der Waals surface area contributed by atoms with E-state index in [1.165, 1.54) is 6.20 Å². The SMILES string of the molecule is Cc1nc(-c2ccccc2)ncc1C(=O)NCC(CC(C)C)C(=O)O. The average molecular weight is 341 g/mol. The normalized spacial score (nSPS) is 12.0. The number of aromatic nitrogens is 2. The van der Waals surface area contributed by atoms with Gasteiger partial charge in [0.15, 0.2) is 5.82 Å². The summed E-state index contributed by atoms with van der Waals surface area (Å²) in [5, 5.41) is 11.9. The largest absolute Gasteiger partial charge is 0.481 e. The first-order chi connectivity index (χ1) is 11.9. The number of carbonyl (C=O) groups excluding carboxylic acids is 1. The molecule has 1 aromatic heterocycles. The Labute approximate surface area is 147 Å². The van der Waals surface area contributed by atoms with E-state index in [0.717, 1.165) is 5.56 Å². The number of carboxylic acid groups (broad SMARTS) is 1. The third-order valence-electron chi connectivity index (χ3n) is 3.87. The van der Waals surface area contributed by atoms with Crippen molar-refractivity contribution in [1.29, 1.82) is 0 Å². The Kier molecular flexibility index (Phi) is 6.22. The average Bonchev–Trinajstić information content (AvgIpc) is 2.58. The van der Waals surface area contributed by atoms with Crippen LogP contribution in [0.1, 0.15) is 36.3 Å². The van der Waals surface area contributed by atoms with E-state index in [4.69, 9.17) is 0 Å². The second kappa shape index (κ2) is 8.37. The van der Waals surface area contributed by atoms with E-state index in [-0.39, 0.29) is 18.4 Å². The highest BCUT2D eigenvalue weighted by atomic mass is 16.4. The van der Waals surface area contributed by atoms with E-state index in [1.807, 2.05) is 44.2 Å². The third kappa shape index (κ3) is 5.11. The Balaban J connectivity index is 2.08. The molecule has 2 aromatic rings. The molecule has 1 unspecified atom stereocenters. The van der Waals surface area contributed by atoms with Crippen molar-refractivity contribution in [1.82, 2.24) is 15.3 Å². The van der Waals surface area contributed by atoms with Crippen molar-refractivity contribution < 1.29 is 14.7 Å². The number of hydrogen-bond donors (Lipinski definition) is 2. The summed E-state index contributed by atoms with van der Waals surface area (Å²) < 4.78 is 0. The molecule has 0 fully saturated rings. The van der Waals surface area contributed by atoms with Gasteiger partial charge in [0.25, 0.3) is 5.91 Å². The molecule has 2 rings (SSSR count). The van der Waals surface area contributed by atoms with Crippen LogP contribution in [0.3, 0.4) is 0 Å². The summed E-state index contributed by atoms with van der Waals surface area (Å²) in [4.78, 5) is 32.3. The number of hydrogen-bond acceptors (Lipinski definition) is 4. The first-order valence-electron chi connectivity index (χ1n) is 8.28. The lowest BCUT2D eigenvalue weighted by Gasteiger charge is -2.15. The molecule has 1 aromatic carbocycles. The zero-order valence-corrected chi connectivity index (χ0v) is 14.7. The van der Waals surface area contributed by atoms with Gasteiger partial charge in [-0.3, -0.25) is 9.59 Å². The summed E-state index contributed by atoms with van der Waals surface area (Å²) in [5.41, 5.74) is 1.79. The first-order valence-corrected chi connectivity index (χ1v) is 8.28. The number of aliphatic carboxylic acids is 1. The summed E-state index contributed by atoms with van der Waals surface area (Å²) in [6.45, 7) is 5.74. The van der Waals surface area contributed by atoms with E-state index < -0.39 is 11.9 Å². The van der Waals surface area contributed by atoms with Crippen LogP contribution in [0.15, 0.2) is 36.5 Å². The van der Waals surface area contributed by atoms with Crippen molar-refractivity contribution in [2.45, 2.75) is 27.2 Å². The maximum atomic E-state index is 12.3. The summed E-state index contributed by atoms with van der Waals surface area (Å²) in [6.07, 6.45) is 2.00. The fourth-order valence-corrected chi connectivity index (χ4v) is 2.57. The number of amides is 1. The quantitative estimate of drug-likeness (QED) is 0.808. The van der Waals surface area contributed by atoms with Crippen molar-refractivity contribution in [3.63, 3.8) is 0 Å². The number of carbonyl (C=O) groups is 2. The van der Waals surface area contributed by atoms with E-state index >= 15 is 0 Å². The van der Waals surface area contributed by atoms with Gasteiger partial charge in [-0.2, -0.15) is 0 Å². The molecule has 0 spiro atoms. The van der Waals surface area contributed by atoms with Crippen LogP contribution < -0.4 is 5.32 Å². The monoisotopic (exact) mass is 341 g/mol. The van der Waals surface area contributed by atoms with Gasteiger partial charge in [0.2, 0.25) is 0 Å². The second-order valence-corrected chi connectivity index (χ2v) is 6.43. The summed E-state index contributed by atoms with van der Waals surface area (Å²) in [7, 11) is 0. The topological polar surface area (TPSA) is 92.2 Å². The van der Waals surface area contributed by atoms with Crippen molar-refractivity contribution in [2.24, 2.45) is 11.8 Å². The maximum Gasteiger partial charge on any atom is 0.308 e. The van der Waals surface area contributed by atoms with Crippen LogP contribution in [0.4, 0.5) is 0 Å². The molecule has 0 saturated heterocycles. The van der Waals surface area contributed by atoms with Crippen LogP contribution in [0.5, 0.6) is 0 Å². The smallest absolute Gasteiger partial charge is 0.308 e. The molecule has 1 amide bonds. The van der Waals surface area contributed by atoms with Crippen LogP contribution in [-0.4, -0.2) is 33.5 Å². The van der Waals surface area contributed by atoms with Gasteiger partial charge in [0.05, 0.1) is 17.2 Å². The zero-order valence-electron chi connectivity index (χ0n) is 14.7. The van der Waals surface area contributed by atoms with Gasteiger partial charge < -0.3 is 10.4 Å². The molecular weight excluding hydrogens is 318 g/mol. The summed E-state index contributed by atoms with van der Waals surface area (Å²) in [6, 6.07) is 9.51. The lowest BCUT2D eigenvalue weighted by molar-refractivity contribution is -0.142. The van der Waals surface area contributed by atoms with Crippen molar-refractivity contribution >= 4 is 11.9 Å². The van der Waals surface area contributed by atoms with E-state index in [2.05, 4.69) is 15.3 Å². The zero-order chi connectivity index (χ0) is 18.4. The fourth-order valence-electron chi connectivity index (χ4n) is 2.57. The third-order valence-corrected chi connectivity index (χ3v) is 3.87. The number of carboxylic acids is 1. The van der Waals surface area contributed by atoms with Crippen molar-refractivity contribution in [3.8, 4) is 11.4 Å². The molecule has 25 heavy (non-hydrogen) atoms. The minimum absolute atomic E-state index is 0.0895.